The third-order valence-corrected chi connectivity index (χ3v) is 3.30. The Bertz CT molecular complexity index is 441. The maximum atomic E-state index is 13.2. The van der Waals surface area contributed by atoms with Crippen LogP contribution in [0.5, 0.6) is 0 Å². The molecule has 0 bridgehead atoms. The number of rotatable bonds is 2. The predicted octanol–water partition coefficient (Wildman–Crippen LogP) is 3.41. The molecule has 0 aliphatic carbocycles. The van der Waals surface area contributed by atoms with Crippen LogP contribution >= 0.6 is 0 Å². The largest absolute Gasteiger partial charge is 0.419 e. The van der Waals surface area contributed by atoms with Gasteiger partial charge in [-0.3, -0.25) is 0 Å². The van der Waals surface area contributed by atoms with E-state index >= 15 is 0 Å². The van der Waals surface area contributed by atoms with E-state index in [-0.39, 0.29) is 11.7 Å². The molecule has 2 N–H and O–H groups in total. The summed E-state index contributed by atoms with van der Waals surface area (Å²) in [6.07, 6.45) is -2.44. The molecule has 2 rings (SSSR count). The molecule has 1 aliphatic rings. The molecular formula is C13H15F4NO. The Morgan fingerprint density at radius 2 is 2.00 bits per heavy atom. The quantitative estimate of drug-likeness (QED) is 0.841. The van der Waals surface area contributed by atoms with Crippen molar-refractivity contribution in [1.82, 2.24) is 0 Å². The third kappa shape index (κ3) is 3.25. The predicted molar refractivity (Wildman–Crippen MR) is 61.9 cm³/mol. The number of ether oxygens (including phenoxy) is 1. The lowest BCUT2D eigenvalue weighted by Crippen LogP contribution is -2.32. The molecule has 1 aromatic carbocycles. The summed E-state index contributed by atoms with van der Waals surface area (Å²) in [6, 6.07) is 2.20. The van der Waals surface area contributed by atoms with Crippen LogP contribution in [-0.4, -0.2) is 12.7 Å². The normalized spacial score (nSPS) is 22.3. The van der Waals surface area contributed by atoms with Gasteiger partial charge in [0.15, 0.2) is 0 Å². The summed E-state index contributed by atoms with van der Waals surface area (Å²) in [6.45, 7) is 0.561. The van der Waals surface area contributed by atoms with Crippen molar-refractivity contribution in [3.63, 3.8) is 0 Å². The number of hydrogen-bond acceptors (Lipinski definition) is 2. The van der Waals surface area contributed by atoms with Crippen LogP contribution in [-0.2, 0) is 10.9 Å². The Morgan fingerprint density at radius 1 is 1.26 bits per heavy atom. The van der Waals surface area contributed by atoms with E-state index in [0.29, 0.717) is 13.0 Å². The molecule has 1 aromatic rings. The fraction of sp³-hybridized carbons (Fsp3) is 0.538. The van der Waals surface area contributed by atoms with Gasteiger partial charge in [-0.25, -0.2) is 4.39 Å². The van der Waals surface area contributed by atoms with Crippen molar-refractivity contribution < 1.29 is 22.3 Å². The topological polar surface area (TPSA) is 35.2 Å². The first-order valence-corrected chi connectivity index (χ1v) is 6.13. The van der Waals surface area contributed by atoms with Gasteiger partial charge in [-0.2, -0.15) is 13.2 Å². The molecule has 19 heavy (non-hydrogen) atoms. The lowest BCUT2D eigenvalue weighted by molar-refractivity contribution is -0.140. The summed E-state index contributed by atoms with van der Waals surface area (Å²) in [4.78, 5) is 0. The van der Waals surface area contributed by atoms with Gasteiger partial charge in [0.2, 0.25) is 0 Å². The van der Waals surface area contributed by atoms with Gasteiger partial charge >= 0.3 is 6.18 Å². The molecular weight excluding hydrogens is 262 g/mol. The molecule has 0 aromatic heterocycles. The lowest BCUT2D eigenvalue weighted by Gasteiger charge is -2.28. The highest BCUT2D eigenvalue weighted by Gasteiger charge is 2.35. The summed E-state index contributed by atoms with van der Waals surface area (Å²) in [5.41, 5.74) is 4.89. The average Bonchev–Trinajstić information content (AvgIpc) is 2.38. The first-order chi connectivity index (χ1) is 8.89. The average molecular weight is 277 g/mol. The molecule has 2 nitrogen and oxygen atoms in total. The second-order valence-corrected chi connectivity index (χ2v) is 4.67. The highest BCUT2D eigenvalue weighted by molar-refractivity contribution is 5.30. The van der Waals surface area contributed by atoms with Gasteiger partial charge in [0.05, 0.1) is 17.7 Å². The van der Waals surface area contributed by atoms with Gasteiger partial charge in [0.25, 0.3) is 0 Å². The number of alkyl halides is 3. The van der Waals surface area contributed by atoms with E-state index in [4.69, 9.17) is 10.5 Å². The molecule has 2 atom stereocenters. The molecule has 1 saturated heterocycles. The van der Waals surface area contributed by atoms with Crippen molar-refractivity contribution in [3.05, 3.63) is 35.1 Å². The van der Waals surface area contributed by atoms with Crippen molar-refractivity contribution in [2.45, 2.75) is 37.6 Å². The van der Waals surface area contributed by atoms with Crippen molar-refractivity contribution in [1.29, 1.82) is 0 Å². The van der Waals surface area contributed by atoms with E-state index in [1.807, 2.05) is 0 Å². The van der Waals surface area contributed by atoms with Crippen LogP contribution < -0.4 is 5.73 Å². The molecule has 1 heterocycles. The highest BCUT2D eigenvalue weighted by atomic mass is 19.4. The monoisotopic (exact) mass is 277 g/mol. The van der Waals surface area contributed by atoms with Crippen LogP contribution in [0, 0.1) is 5.82 Å². The minimum absolute atomic E-state index is 0.251. The minimum atomic E-state index is -4.72. The van der Waals surface area contributed by atoms with Crippen LogP contribution in [0.2, 0.25) is 0 Å². The van der Waals surface area contributed by atoms with Crippen molar-refractivity contribution in [3.8, 4) is 0 Å². The molecule has 0 saturated carbocycles. The standard InChI is InChI=1S/C13H15F4NO/c14-10-5-4-8(7-9(10)13(15,16)17)12(18)11-3-1-2-6-19-11/h4-5,7,11-12H,1-3,6,18H2. The third-order valence-electron chi connectivity index (χ3n) is 3.30. The molecule has 0 amide bonds. The van der Waals surface area contributed by atoms with E-state index in [0.717, 1.165) is 25.0 Å². The van der Waals surface area contributed by atoms with E-state index in [9.17, 15) is 17.6 Å². The van der Waals surface area contributed by atoms with Crippen molar-refractivity contribution >= 4 is 0 Å². The molecule has 106 valence electrons. The second-order valence-electron chi connectivity index (χ2n) is 4.67. The fourth-order valence-electron chi connectivity index (χ4n) is 2.23. The summed E-state index contributed by atoms with van der Waals surface area (Å²) in [5, 5.41) is 0. The van der Waals surface area contributed by atoms with E-state index in [1.54, 1.807) is 0 Å². The molecule has 0 spiro atoms. The number of hydrogen-bond donors (Lipinski definition) is 1. The second kappa shape index (κ2) is 5.46. The Labute approximate surface area is 108 Å². The Kier molecular flexibility index (Phi) is 4.10. The van der Waals surface area contributed by atoms with Gasteiger partial charge < -0.3 is 10.5 Å². The zero-order valence-corrected chi connectivity index (χ0v) is 10.2. The van der Waals surface area contributed by atoms with Gasteiger partial charge in [0, 0.05) is 6.61 Å². The van der Waals surface area contributed by atoms with E-state index in [2.05, 4.69) is 0 Å². The van der Waals surface area contributed by atoms with Crippen LogP contribution in [0.15, 0.2) is 18.2 Å². The van der Waals surface area contributed by atoms with E-state index < -0.39 is 23.6 Å². The molecule has 6 heteroatoms. The van der Waals surface area contributed by atoms with Gasteiger partial charge in [-0.05, 0) is 37.0 Å². The van der Waals surface area contributed by atoms with Crippen molar-refractivity contribution in [2.24, 2.45) is 5.73 Å². The van der Waals surface area contributed by atoms with E-state index in [1.165, 1.54) is 6.07 Å². The minimum Gasteiger partial charge on any atom is -0.376 e. The Balaban J connectivity index is 2.24. The molecule has 1 fully saturated rings. The number of benzene rings is 1. The Hall–Kier alpha value is -1.14. The molecule has 2 unspecified atom stereocenters. The molecule has 0 radical (unpaired) electrons. The van der Waals surface area contributed by atoms with Gasteiger partial charge in [-0.15, -0.1) is 0 Å². The van der Waals surface area contributed by atoms with Crippen LogP contribution in [0.1, 0.15) is 36.4 Å². The van der Waals surface area contributed by atoms with Gasteiger partial charge in [0.1, 0.15) is 5.82 Å². The highest BCUT2D eigenvalue weighted by Crippen LogP contribution is 2.34. The summed E-state index contributed by atoms with van der Waals surface area (Å²) in [7, 11) is 0. The van der Waals surface area contributed by atoms with Gasteiger partial charge in [-0.1, -0.05) is 6.07 Å². The zero-order valence-electron chi connectivity index (χ0n) is 10.2. The number of nitrogens with two attached hydrogens (primary N) is 1. The Morgan fingerprint density at radius 3 is 2.58 bits per heavy atom. The zero-order chi connectivity index (χ0) is 14.0. The fourth-order valence-corrected chi connectivity index (χ4v) is 2.23. The SMILES string of the molecule is NC(c1ccc(F)c(C(F)(F)F)c1)C1CCCCO1. The van der Waals surface area contributed by atoms with Crippen LogP contribution in [0.4, 0.5) is 17.6 Å². The van der Waals surface area contributed by atoms with Crippen LogP contribution in [0.25, 0.3) is 0 Å². The maximum Gasteiger partial charge on any atom is 0.419 e. The van der Waals surface area contributed by atoms with Crippen LogP contribution in [0.3, 0.4) is 0 Å². The van der Waals surface area contributed by atoms with Crippen molar-refractivity contribution in [2.75, 3.05) is 6.61 Å². The smallest absolute Gasteiger partial charge is 0.376 e. The summed E-state index contributed by atoms with van der Waals surface area (Å²) >= 11 is 0. The first kappa shape index (κ1) is 14.3. The summed E-state index contributed by atoms with van der Waals surface area (Å²) < 4.78 is 56.5. The number of halogens is 4. The maximum absolute atomic E-state index is 13.2. The summed E-state index contributed by atoms with van der Waals surface area (Å²) in [5.74, 6) is -1.28. The lowest BCUT2D eigenvalue weighted by atomic mass is 9.95. The first-order valence-electron chi connectivity index (χ1n) is 6.13. The molecule has 1 aliphatic heterocycles.